The molecule has 0 bridgehead atoms. The molecule has 6 nitrogen and oxygen atoms in total. The highest BCUT2D eigenvalue weighted by molar-refractivity contribution is 5.76. The van der Waals surface area contributed by atoms with Gasteiger partial charge >= 0.3 is 5.97 Å². The Morgan fingerprint density at radius 2 is 0.526 bits per heavy atom. The Kier molecular flexibility index (Phi) is 82.8. The molecule has 0 aliphatic rings. The minimum absolute atomic E-state index is 0.0106. The molecule has 95 heavy (non-hydrogen) atoms. The van der Waals surface area contributed by atoms with E-state index >= 15 is 0 Å². The Morgan fingerprint density at radius 3 is 0.811 bits per heavy atom. The summed E-state index contributed by atoms with van der Waals surface area (Å²) in [4.78, 5) is 24.7. The first kappa shape index (κ1) is 93.1. The zero-order chi connectivity index (χ0) is 68.4. The Bertz CT molecular complexity index is 1540. The maximum absolute atomic E-state index is 12.6. The molecule has 0 aliphatic heterocycles. The lowest BCUT2D eigenvalue weighted by Gasteiger charge is -2.20. The van der Waals surface area contributed by atoms with E-state index < -0.39 is 12.1 Å². The predicted octanol–water partition coefficient (Wildman–Crippen LogP) is 29.3. The van der Waals surface area contributed by atoms with Gasteiger partial charge in [-0.25, -0.2) is 0 Å². The van der Waals surface area contributed by atoms with Gasteiger partial charge in [-0.15, -0.1) is 0 Å². The minimum atomic E-state index is -0.842. The molecule has 0 aromatic rings. The fraction of sp³-hybridized carbons (Fsp3) is 0.910. The van der Waals surface area contributed by atoms with Gasteiger partial charge in [-0.3, -0.25) is 9.59 Å². The van der Waals surface area contributed by atoms with Crippen LogP contribution in [0.3, 0.4) is 0 Å². The van der Waals surface area contributed by atoms with Crippen LogP contribution in [0.1, 0.15) is 495 Å². The maximum atomic E-state index is 12.6. The van der Waals surface area contributed by atoms with Crippen molar-refractivity contribution in [2.75, 3.05) is 13.2 Å². The third-order valence-electron chi connectivity index (χ3n) is 20.7. The Labute approximate surface area is 595 Å². The summed E-state index contributed by atoms with van der Waals surface area (Å²) in [5, 5.41) is 23.4. The molecule has 0 saturated carbocycles. The van der Waals surface area contributed by atoms with Gasteiger partial charge < -0.3 is 20.3 Å². The number of hydrogen-bond acceptors (Lipinski definition) is 5. The van der Waals surface area contributed by atoms with E-state index in [1.165, 1.54) is 417 Å². The summed E-state index contributed by atoms with van der Waals surface area (Å²) in [7, 11) is 0. The highest BCUT2D eigenvalue weighted by atomic mass is 16.5. The molecule has 0 saturated heterocycles. The lowest BCUT2D eigenvalue weighted by Crippen LogP contribution is -2.45. The van der Waals surface area contributed by atoms with E-state index in [2.05, 4.69) is 43.5 Å². The number of amides is 1. The number of carbonyl (C=O) groups is 2. The molecule has 0 aromatic carbocycles. The molecule has 0 aromatic heterocycles. The summed E-state index contributed by atoms with van der Waals surface area (Å²) in [5.74, 6) is -0.0460. The van der Waals surface area contributed by atoms with E-state index in [1.807, 2.05) is 6.08 Å². The van der Waals surface area contributed by atoms with Crippen LogP contribution in [-0.4, -0.2) is 47.4 Å². The normalized spacial score (nSPS) is 12.6. The number of ether oxygens (including phenoxy) is 1. The topological polar surface area (TPSA) is 95.9 Å². The van der Waals surface area contributed by atoms with Crippen molar-refractivity contribution in [2.24, 2.45) is 0 Å². The molecular weight excluding hydrogens is 1160 g/mol. The van der Waals surface area contributed by atoms with E-state index in [-0.39, 0.29) is 18.5 Å². The second-order valence-electron chi connectivity index (χ2n) is 30.2. The zero-order valence-corrected chi connectivity index (χ0v) is 64.7. The molecule has 562 valence electrons. The third kappa shape index (κ3) is 80.9. The van der Waals surface area contributed by atoms with Gasteiger partial charge in [0.25, 0.3) is 0 Å². The minimum Gasteiger partial charge on any atom is -0.466 e. The van der Waals surface area contributed by atoms with Crippen LogP contribution in [0.5, 0.6) is 0 Å². The summed E-state index contributed by atoms with van der Waals surface area (Å²) >= 11 is 0. The van der Waals surface area contributed by atoms with Gasteiger partial charge in [0.1, 0.15) is 0 Å². The molecule has 2 unspecified atom stereocenters. The molecule has 2 atom stereocenters. The van der Waals surface area contributed by atoms with Gasteiger partial charge in [-0.2, -0.15) is 0 Å². The fourth-order valence-corrected chi connectivity index (χ4v) is 14.0. The summed E-state index contributed by atoms with van der Waals surface area (Å²) < 4.78 is 5.50. The number of hydrogen-bond donors (Lipinski definition) is 3. The molecule has 1 amide bonds. The largest absolute Gasteiger partial charge is 0.466 e. The molecule has 3 N–H and O–H groups in total. The highest BCUT2D eigenvalue weighted by Crippen LogP contribution is 2.21. The van der Waals surface area contributed by atoms with Crippen molar-refractivity contribution in [1.82, 2.24) is 5.32 Å². The van der Waals surface area contributed by atoms with E-state index in [0.29, 0.717) is 19.4 Å². The Balaban J connectivity index is 3.33. The standard InChI is InChI=1S/C89H171NO5/c1-3-5-7-9-11-13-15-17-19-21-22-23-24-38-41-44-47-50-53-57-61-65-69-73-77-81-87(92)86(85-91)90-88(93)82-78-74-70-66-62-58-54-51-48-45-42-39-36-34-32-30-28-26-25-27-29-31-33-35-37-40-43-46-49-52-56-60-64-68-72-76-80-84-95-89(94)83-79-75-71-67-63-59-55-20-18-16-14-12-10-8-6-4-2/h14,16,20,55,77,81,86-87,91-92H,3-13,15,17-19,21-54,56-76,78-80,82-85H2,1-2H3,(H,90,93)/b16-14-,55-20-,81-77+. The molecule has 0 spiro atoms. The van der Waals surface area contributed by atoms with Crippen molar-refractivity contribution >= 4 is 11.9 Å². The van der Waals surface area contributed by atoms with E-state index in [1.54, 1.807) is 6.08 Å². The molecular formula is C89H171NO5. The van der Waals surface area contributed by atoms with Crippen LogP contribution >= 0.6 is 0 Å². The van der Waals surface area contributed by atoms with Crippen molar-refractivity contribution in [2.45, 2.75) is 508 Å². The fourth-order valence-electron chi connectivity index (χ4n) is 14.0. The van der Waals surface area contributed by atoms with Crippen molar-refractivity contribution in [3.05, 3.63) is 36.5 Å². The maximum Gasteiger partial charge on any atom is 0.305 e. The second kappa shape index (κ2) is 84.5. The van der Waals surface area contributed by atoms with Crippen LogP contribution in [0, 0.1) is 0 Å². The number of nitrogens with one attached hydrogen (secondary N) is 1. The molecule has 0 aliphatic carbocycles. The van der Waals surface area contributed by atoms with Crippen molar-refractivity contribution < 1.29 is 24.5 Å². The van der Waals surface area contributed by atoms with Crippen LogP contribution in [0.2, 0.25) is 0 Å². The number of rotatable bonds is 83. The molecule has 0 heterocycles. The Hall–Kier alpha value is -1.92. The molecule has 0 rings (SSSR count). The van der Waals surface area contributed by atoms with Crippen LogP contribution in [0.4, 0.5) is 0 Å². The predicted molar refractivity (Wildman–Crippen MR) is 421 cm³/mol. The zero-order valence-electron chi connectivity index (χ0n) is 64.7. The molecule has 6 heteroatoms. The lowest BCUT2D eigenvalue weighted by molar-refractivity contribution is -0.143. The number of aliphatic hydroxyl groups is 2. The lowest BCUT2D eigenvalue weighted by atomic mass is 10.0. The average molecular weight is 1340 g/mol. The number of carbonyl (C=O) groups excluding carboxylic acids is 2. The first-order valence-corrected chi connectivity index (χ1v) is 43.8. The average Bonchev–Trinajstić information content (AvgIpc) is 2.97. The van der Waals surface area contributed by atoms with Gasteiger partial charge in [-0.05, 0) is 64.2 Å². The number of aliphatic hydroxyl groups excluding tert-OH is 2. The summed E-state index contributed by atoms with van der Waals surface area (Å²) in [5.41, 5.74) is 0. The first-order chi connectivity index (χ1) is 47.0. The summed E-state index contributed by atoms with van der Waals surface area (Å²) in [6, 6.07) is -0.625. The van der Waals surface area contributed by atoms with Crippen LogP contribution < -0.4 is 5.32 Å². The Morgan fingerprint density at radius 1 is 0.295 bits per heavy atom. The second-order valence-corrected chi connectivity index (χ2v) is 30.2. The quantitative estimate of drug-likeness (QED) is 0.0320. The number of unbranched alkanes of at least 4 members (excludes halogenated alkanes) is 68. The SMILES string of the molecule is CCCCCC/C=C\C/C=C\CCCCCCCC(=O)OCCCCCCCCCCCCCCCCCCCCCCCCCCCCCCCCCCCCCCCC(=O)NC(CO)C(O)/C=C/CCCCCCCCCCCCCCCCCCCCCCCCC. The van der Waals surface area contributed by atoms with Gasteiger partial charge in [0.05, 0.1) is 25.4 Å². The summed E-state index contributed by atoms with van der Waals surface area (Å²) in [6.45, 7) is 4.94. The first-order valence-electron chi connectivity index (χ1n) is 43.8. The van der Waals surface area contributed by atoms with Gasteiger partial charge in [0.2, 0.25) is 5.91 Å². The number of allylic oxidation sites excluding steroid dienone is 5. The summed E-state index contributed by atoms with van der Waals surface area (Å²) in [6.07, 6.45) is 112. The van der Waals surface area contributed by atoms with Gasteiger partial charge in [-0.1, -0.05) is 455 Å². The van der Waals surface area contributed by atoms with E-state index in [4.69, 9.17) is 4.74 Å². The third-order valence-corrected chi connectivity index (χ3v) is 20.7. The smallest absolute Gasteiger partial charge is 0.305 e. The van der Waals surface area contributed by atoms with E-state index in [0.717, 1.165) is 51.4 Å². The monoisotopic (exact) mass is 1330 g/mol. The molecule has 0 radical (unpaired) electrons. The van der Waals surface area contributed by atoms with E-state index in [9.17, 15) is 19.8 Å². The number of esters is 1. The van der Waals surface area contributed by atoms with Crippen LogP contribution in [-0.2, 0) is 14.3 Å². The molecule has 0 fully saturated rings. The highest BCUT2D eigenvalue weighted by Gasteiger charge is 2.18. The van der Waals surface area contributed by atoms with Crippen LogP contribution in [0.25, 0.3) is 0 Å². The van der Waals surface area contributed by atoms with Gasteiger partial charge in [0, 0.05) is 12.8 Å². The van der Waals surface area contributed by atoms with Crippen molar-refractivity contribution in [1.29, 1.82) is 0 Å². The van der Waals surface area contributed by atoms with Crippen molar-refractivity contribution in [3.8, 4) is 0 Å². The van der Waals surface area contributed by atoms with Gasteiger partial charge in [0.15, 0.2) is 0 Å². The van der Waals surface area contributed by atoms with Crippen LogP contribution in [0.15, 0.2) is 36.5 Å². The van der Waals surface area contributed by atoms with Crippen molar-refractivity contribution in [3.63, 3.8) is 0 Å².